The largest absolute Gasteiger partial charge is 0.347 e. The molecule has 1 spiro atoms. The van der Waals surface area contributed by atoms with Crippen LogP contribution in [0.5, 0.6) is 0 Å². The minimum Gasteiger partial charge on any atom is -0.347 e. The molecule has 2 aliphatic heterocycles. The zero-order chi connectivity index (χ0) is 19.6. The number of halogens is 1. The van der Waals surface area contributed by atoms with E-state index < -0.39 is 5.79 Å². The van der Waals surface area contributed by atoms with Crippen LogP contribution in [0, 0.1) is 11.7 Å². The molecule has 6 nitrogen and oxygen atoms in total. The van der Waals surface area contributed by atoms with Crippen molar-refractivity contribution in [1.82, 2.24) is 9.80 Å². The van der Waals surface area contributed by atoms with Gasteiger partial charge < -0.3 is 19.3 Å². The van der Waals surface area contributed by atoms with Crippen LogP contribution in [0.4, 0.5) is 4.39 Å². The third-order valence-corrected chi connectivity index (χ3v) is 5.92. The third kappa shape index (κ3) is 4.05. The molecule has 4 rings (SSSR count). The Morgan fingerprint density at radius 3 is 2.36 bits per heavy atom. The van der Waals surface area contributed by atoms with Crippen LogP contribution in [0.1, 0.15) is 42.5 Å². The number of ether oxygens (including phenoxy) is 2. The number of amides is 2. The molecule has 3 fully saturated rings. The van der Waals surface area contributed by atoms with Gasteiger partial charge >= 0.3 is 0 Å². The summed E-state index contributed by atoms with van der Waals surface area (Å²) >= 11 is 0. The van der Waals surface area contributed by atoms with Gasteiger partial charge in [-0.1, -0.05) is 12.8 Å². The van der Waals surface area contributed by atoms with Crippen molar-refractivity contribution in [2.24, 2.45) is 5.92 Å². The van der Waals surface area contributed by atoms with Gasteiger partial charge in [-0.15, -0.1) is 0 Å². The smallest absolute Gasteiger partial charge is 0.254 e. The lowest BCUT2D eigenvalue weighted by atomic mass is 10.0. The first-order valence-corrected chi connectivity index (χ1v) is 10.2. The van der Waals surface area contributed by atoms with Gasteiger partial charge in [-0.05, 0) is 43.5 Å². The van der Waals surface area contributed by atoms with E-state index in [0.29, 0.717) is 44.8 Å². The van der Waals surface area contributed by atoms with Gasteiger partial charge in [-0.3, -0.25) is 9.59 Å². The minimum absolute atomic E-state index is 0.109. The summed E-state index contributed by atoms with van der Waals surface area (Å²) in [5.41, 5.74) is 0.438. The first-order chi connectivity index (χ1) is 13.6. The molecule has 1 aliphatic carbocycles. The summed E-state index contributed by atoms with van der Waals surface area (Å²) in [6, 6.07) is 5.56. The fourth-order valence-electron chi connectivity index (χ4n) is 4.44. The second kappa shape index (κ2) is 8.17. The van der Waals surface area contributed by atoms with Gasteiger partial charge in [-0.25, -0.2) is 4.39 Å². The van der Waals surface area contributed by atoms with E-state index in [4.69, 9.17) is 9.47 Å². The van der Waals surface area contributed by atoms with Crippen LogP contribution in [0.15, 0.2) is 24.3 Å². The summed E-state index contributed by atoms with van der Waals surface area (Å²) in [5.74, 6) is -1.24. The highest BCUT2D eigenvalue weighted by Crippen LogP contribution is 2.30. The molecule has 1 saturated carbocycles. The van der Waals surface area contributed by atoms with E-state index in [1.54, 1.807) is 4.90 Å². The predicted molar refractivity (Wildman–Crippen MR) is 100 cm³/mol. The topological polar surface area (TPSA) is 59.1 Å². The fraction of sp³-hybridized carbons (Fsp3) is 0.619. The predicted octanol–water partition coefficient (Wildman–Crippen LogP) is 2.43. The molecule has 7 heteroatoms. The standard InChI is InChI=1S/C21H27FN2O4/c22-18-8-6-17(7-9-18)20(26)23-10-3-12-27-21(14-23)15-24(11-13-28-21)19(25)16-4-1-2-5-16/h6-9,16H,1-5,10-15H2. The maximum absolute atomic E-state index is 13.2. The molecule has 0 radical (unpaired) electrons. The monoisotopic (exact) mass is 390 g/mol. The number of carbonyl (C=O) groups is 2. The Morgan fingerprint density at radius 2 is 1.61 bits per heavy atom. The second-order valence-electron chi connectivity index (χ2n) is 7.94. The molecule has 0 N–H and O–H groups in total. The molecular weight excluding hydrogens is 363 g/mol. The van der Waals surface area contributed by atoms with Crippen molar-refractivity contribution >= 4 is 11.8 Å². The van der Waals surface area contributed by atoms with E-state index >= 15 is 0 Å². The Morgan fingerprint density at radius 1 is 0.929 bits per heavy atom. The summed E-state index contributed by atoms with van der Waals surface area (Å²) in [4.78, 5) is 29.4. The van der Waals surface area contributed by atoms with E-state index in [-0.39, 0.29) is 30.1 Å². The number of carbonyl (C=O) groups excluding carboxylic acids is 2. The number of morpholine rings is 1. The summed E-state index contributed by atoms with van der Waals surface area (Å²) in [5, 5.41) is 0. The van der Waals surface area contributed by atoms with Gasteiger partial charge in [0.15, 0.2) is 0 Å². The average Bonchev–Trinajstić information content (AvgIpc) is 3.17. The summed E-state index contributed by atoms with van der Waals surface area (Å²) in [7, 11) is 0. The molecule has 1 aromatic rings. The molecule has 2 amide bonds. The van der Waals surface area contributed by atoms with Crippen molar-refractivity contribution in [3.8, 4) is 0 Å². The Kier molecular flexibility index (Phi) is 5.64. The van der Waals surface area contributed by atoms with E-state index in [1.807, 2.05) is 4.90 Å². The highest BCUT2D eigenvalue weighted by molar-refractivity contribution is 5.94. The lowest BCUT2D eigenvalue weighted by Crippen LogP contribution is -2.60. The highest BCUT2D eigenvalue weighted by Gasteiger charge is 2.44. The summed E-state index contributed by atoms with van der Waals surface area (Å²) in [6.45, 7) is 2.58. The maximum atomic E-state index is 13.2. The molecule has 0 bridgehead atoms. The van der Waals surface area contributed by atoms with Gasteiger partial charge in [0.2, 0.25) is 11.7 Å². The second-order valence-corrected chi connectivity index (χ2v) is 7.94. The van der Waals surface area contributed by atoms with Crippen LogP contribution >= 0.6 is 0 Å². The molecule has 3 aliphatic rings. The SMILES string of the molecule is O=C(c1ccc(F)cc1)N1CCCOC2(C1)CN(C(=O)C1CCCC1)CCO2. The van der Waals surface area contributed by atoms with Gasteiger partial charge in [0.25, 0.3) is 5.91 Å². The normalized spacial score (nSPS) is 26.5. The Hall–Kier alpha value is -1.99. The van der Waals surface area contributed by atoms with Crippen molar-refractivity contribution in [3.05, 3.63) is 35.6 Å². The van der Waals surface area contributed by atoms with Crippen LogP contribution in [0.25, 0.3) is 0 Å². The molecule has 1 atom stereocenters. The first kappa shape index (κ1) is 19.3. The Labute approximate surface area is 164 Å². The average molecular weight is 390 g/mol. The fourth-order valence-corrected chi connectivity index (χ4v) is 4.44. The molecule has 152 valence electrons. The van der Waals surface area contributed by atoms with E-state index in [2.05, 4.69) is 0 Å². The summed E-state index contributed by atoms with van der Waals surface area (Å²) in [6.07, 6.45) is 4.83. The van der Waals surface area contributed by atoms with E-state index in [1.165, 1.54) is 24.3 Å². The van der Waals surface area contributed by atoms with Gasteiger partial charge in [-0.2, -0.15) is 0 Å². The minimum atomic E-state index is -0.987. The Balaban J connectivity index is 1.48. The molecule has 1 unspecified atom stereocenters. The van der Waals surface area contributed by atoms with Crippen molar-refractivity contribution in [1.29, 1.82) is 0 Å². The quantitative estimate of drug-likeness (QED) is 0.778. The van der Waals surface area contributed by atoms with Gasteiger partial charge in [0, 0.05) is 24.6 Å². The van der Waals surface area contributed by atoms with E-state index in [0.717, 1.165) is 25.7 Å². The van der Waals surface area contributed by atoms with Crippen LogP contribution < -0.4 is 0 Å². The lowest BCUT2D eigenvalue weighted by Gasteiger charge is -2.43. The molecule has 1 aromatic carbocycles. The molecule has 28 heavy (non-hydrogen) atoms. The lowest BCUT2D eigenvalue weighted by molar-refractivity contribution is -0.263. The molecular formula is C21H27FN2O4. The van der Waals surface area contributed by atoms with E-state index in [9.17, 15) is 14.0 Å². The zero-order valence-electron chi connectivity index (χ0n) is 16.1. The zero-order valence-corrected chi connectivity index (χ0v) is 16.1. The number of nitrogens with zero attached hydrogens (tertiary/aromatic N) is 2. The number of hydrogen-bond donors (Lipinski definition) is 0. The molecule has 0 aromatic heterocycles. The van der Waals surface area contributed by atoms with Crippen molar-refractivity contribution < 1.29 is 23.5 Å². The van der Waals surface area contributed by atoms with Crippen molar-refractivity contribution in [3.63, 3.8) is 0 Å². The van der Waals surface area contributed by atoms with Crippen LogP contribution in [0.2, 0.25) is 0 Å². The van der Waals surface area contributed by atoms with Crippen LogP contribution in [-0.4, -0.2) is 66.8 Å². The first-order valence-electron chi connectivity index (χ1n) is 10.2. The number of hydrogen-bond acceptors (Lipinski definition) is 4. The number of rotatable bonds is 2. The number of benzene rings is 1. The van der Waals surface area contributed by atoms with Crippen molar-refractivity contribution in [2.75, 3.05) is 39.4 Å². The third-order valence-electron chi connectivity index (χ3n) is 5.92. The van der Waals surface area contributed by atoms with Crippen LogP contribution in [-0.2, 0) is 14.3 Å². The summed E-state index contributed by atoms with van der Waals surface area (Å²) < 4.78 is 25.2. The molecule has 2 heterocycles. The maximum Gasteiger partial charge on any atom is 0.254 e. The van der Waals surface area contributed by atoms with Crippen LogP contribution in [0.3, 0.4) is 0 Å². The van der Waals surface area contributed by atoms with Gasteiger partial charge in [0.05, 0.1) is 26.3 Å². The Bertz CT molecular complexity index is 720. The van der Waals surface area contributed by atoms with Gasteiger partial charge in [0.1, 0.15) is 5.82 Å². The van der Waals surface area contributed by atoms with Crippen molar-refractivity contribution in [2.45, 2.75) is 37.9 Å². The molecule has 2 saturated heterocycles. The highest BCUT2D eigenvalue weighted by atomic mass is 19.1.